The van der Waals surface area contributed by atoms with Crippen LogP contribution in [0.2, 0.25) is 0 Å². The van der Waals surface area contributed by atoms with Crippen molar-refractivity contribution in [2.45, 2.75) is 45.3 Å². The zero-order chi connectivity index (χ0) is 13.0. The molecule has 18 heavy (non-hydrogen) atoms. The van der Waals surface area contributed by atoms with Gasteiger partial charge in [0.05, 0.1) is 12.7 Å². The van der Waals surface area contributed by atoms with Gasteiger partial charge < -0.3 is 14.8 Å². The van der Waals surface area contributed by atoms with Crippen LogP contribution in [-0.4, -0.2) is 35.8 Å². The van der Waals surface area contributed by atoms with Crippen molar-refractivity contribution in [1.29, 1.82) is 0 Å². The Balaban J connectivity index is 1.93. The molecule has 1 heterocycles. The maximum atomic E-state index is 5.54. The molecule has 0 unspecified atom stereocenters. The molecule has 0 saturated heterocycles. The number of nitrogens with zero attached hydrogens (tertiary/aromatic N) is 2. The molecular weight excluding hydrogens is 230 g/mol. The summed E-state index contributed by atoms with van der Waals surface area (Å²) in [7, 11) is 1.75. The normalized spacial score (nSPS) is 22.4. The van der Waals surface area contributed by atoms with E-state index < -0.39 is 0 Å². The monoisotopic (exact) mass is 251 g/mol. The van der Waals surface area contributed by atoms with Crippen molar-refractivity contribution in [3.63, 3.8) is 0 Å². The van der Waals surface area contributed by atoms with Crippen LogP contribution in [0, 0.1) is 6.92 Å². The highest BCUT2D eigenvalue weighted by atomic mass is 16.5. The van der Waals surface area contributed by atoms with Crippen molar-refractivity contribution in [3.05, 3.63) is 11.8 Å². The molecule has 0 bridgehead atoms. The molecule has 1 aliphatic rings. The third kappa shape index (κ3) is 3.32. The fourth-order valence-electron chi connectivity index (χ4n) is 1.94. The van der Waals surface area contributed by atoms with Crippen molar-refractivity contribution in [3.8, 4) is 5.88 Å². The van der Waals surface area contributed by atoms with E-state index in [1.807, 2.05) is 13.0 Å². The molecule has 0 spiro atoms. The van der Waals surface area contributed by atoms with Crippen molar-refractivity contribution in [1.82, 2.24) is 9.97 Å². The third-order valence-electron chi connectivity index (χ3n) is 3.05. The van der Waals surface area contributed by atoms with Crippen LogP contribution in [0.3, 0.4) is 0 Å². The standard InChI is InChI=1S/C13H21N3O2/c1-4-5-18-12-6-9(2)14-13(16-12)15-10-7-11(8-10)17-3/h6,10-11H,4-5,7-8H2,1-3H3,(H,14,15,16). The van der Waals surface area contributed by atoms with E-state index in [1.165, 1.54) is 0 Å². The number of methoxy groups -OCH3 is 1. The summed E-state index contributed by atoms with van der Waals surface area (Å²) in [4.78, 5) is 8.73. The number of ether oxygens (including phenoxy) is 2. The van der Waals surface area contributed by atoms with E-state index in [4.69, 9.17) is 9.47 Å². The minimum absolute atomic E-state index is 0.378. The van der Waals surface area contributed by atoms with Gasteiger partial charge in [0.15, 0.2) is 0 Å². The molecule has 5 nitrogen and oxygen atoms in total. The Labute approximate surface area is 108 Å². The first-order chi connectivity index (χ1) is 8.71. The summed E-state index contributed by atoms with van der Waals surface area (Å²) in [6.45, 7) is 4.71. The van der Waals surface area contributed by atoms with Crippen LogP contribution < -0.4 is 10.1 Å². The Kier molecular flexibility index (Phi) is 4.36. The van der Waals surface area contributed by atoms with Crippen LogP contribution in [0.15, 0.2) is 6.07 Å². The van der Waals surface area contributed by atoms with Crippen LogP contribution in [0.1, 0.15) is 31.9 Å². The topological polar surface area (TPSA) is 56.3 Å². The molecule has 1 aromatic heterocycles. The molecule has 1 aromatic rings. The van der Waals surface area contributed by atoms with E-state index in [0.29, 0.717) is 30.6 Å². The van der Waals surface area contributed by atoms with Crippen molar-refractivity contribution in [2.24, 2.45) is 0 Å². The Morgan fingerprint density at radius 1 is 1.39 bits per heavy atom. The van der Waals surface area contributed by atoms with E-state index in [2.05, 4.69) is 22.2 Å². The molecule has 0 amide bonds. The first-order valence-corrected chi connectivity index (χ1v) is 6.49. The Bertz CT molecular complexity index is 392. The fourth-order valence-corrected chi connectivity index (χ4v) is 1.94. The first-order valence-electron chi connectivity index (χ1n) is 6.49. The lowest BCUT2D eigenvalue weighted by atomic mass is 9.89. The molecule has 1 saturated carbocycles. The smallest absolute Gasteiger partial charge is 0.226 e. The number of hydrogen-bond donors (Lipinski definition) is 1. The second-order valence-electron chi connectivity index (χ2n) is 4.69. The average Bonchev–Trinajstić information content (AvgIpc) is 2.30. The highest BCUT2D eigenvalue weighted by Crippen LogP contribution is 2.25. The van der Waals surface area contributed by atoms with Gasteiger partial charge >= 0.3 is 0 Å². The van der Waals surface area contributed by atoms with E-state index in [9.17, 15) is 0 Å². The van der Waals surface area contributed by atoms with Crippen LogP contribution in [0.4, 0.5) is 5.95 Å². The Morgan fingerprint density at radius 3 is 2.83 bits per heavy atom. The van der Waals surface area contributed by atoms with Crippen LogP contribution in [0.25, 0.3) is 0 Å². The average molecular weight is 251 g/mol. The van der Waals surface area contributed by atoms with Gasteiger partial charge in [-0.1, -0.05) is 6.92 Å². The van der Waals surface area contributed by atoms with E-state index in [1.54, 1.807) is 7.11 Å². The summed E-state index contributed by atoms with van der Waals surface area (Å²) in [5.41, 5.74) is 0.918. The molecule has 0 atom stereocenters. The van der Waals surface area contributed by atoms with Crippen LogP contribution >= 0.6 is 0 Å². The molecule has 100 valence electrons. The van der Waals surface area contributed by atoms with Crippen LogP contribution in [-0.2, 0) is 4.74 Å². The van der Waals surface area contributed by atoms with Crippen molar-refractivity contribution >= 4 is 5.95 Å². The number of hydrogen-bond acceptors (Lipinski definition) is 5. The maximum Gasteiger partial charge on any atom is 0.226 e. The van der Waals surface area contributed by atoms with E-state index in [0.717, 1.165) is 25.0 Å². The van der Waals surface area contributed by atoms with Crippen LogP contribution in [0.5, 0.6) is 5.88 Å². The highest BCUT2D eigenvalue weighted by Gasteiger charge is 2.29. The summed E-state index contributed by atoms with van der Waals surface area (Å²) < 4.78 is 10.8. The predicted molar refractivity (Wildman–Crippen MR) is 70.0 cm³/mol. The molecule has 1 N–H and O–H groups in total. The molecule has 0 radical (unpaired) electrons. The lowest BCUT2D eigenvalue weighted by Crippen LogP contribution is -2.40. The maximum absolute atomic E-state index is 5.54. The lowest BCUT2D eigenvalue weighted by molar-refractivity contribution is 0.0327. The van der Waals surface area contributed by atoms with Gasteiger partial charge in [0.1, 0.15) is 0 Å². The second kappa shape index (κ2) is 6.00. The molecular formula is C13H21N3O2. The summed E-state index contributed by atoms with van der Waals surface area (Å²) in [6, 6.07) is 2.27. The third-order valence-corrected chi connectivity index (χ3v) is 3.05. The molecule has 1 aliphatic carbocycles. The SMILES string of the molecule is CCCOc1cc(C)nc(NC2CC(OC)C2)n1. The first kappa shape index (κ1) is 13.1. The van der Waals surface area contributed by atoms with Gasteiger partial charge in [0.25, 0.3) is 0 Å². The summed E-state index contributed by atoms with van der Waals surface area (Å²) in [5, 5.41) is 3.32. The van der Waals surface area contributed by atoms with Crippen molar-refractivity contribution < 1.29 is 9.47 Å². The van der Waals surface area contributed by atoms with Gasteiger partial charge in [0.2, 0.25) is 11.8 Å². The molecule has 0 aliphatic heterocycles. The minimum atomic E-state index is 0.378. The molecule has 2 rings (SSSR count). The minimum Gasteiger partial charge on any atom is -0.478 e. The molecule has 1 fully saturated rings. The van der Waals surface area contributed by atoms with Gasteiger partial charge in [-0.3, -0.25) is 0 Å². The van der Waals surface area contributed by atoms with Gasteiger partial charge in [-0.05, 0) is 26.2 Å². The summed E-state index contributed by atoms with van der Waals surface area (Å²) >= 11 is 0. The molecule has 5 heteroatoms. The van der Waals surface area contributed by atoms with Crippen molar-refractivity contribution in [2.75, 3.05) is 19.0 Å². The van der Waals surface area contributed by atoms with Gasteiger partial charge in [-0.25, -0.2) is 4.98 Å². The predicted octanol–water partition coefficient (Wildman–Crippen LogP) is 2.16. The molecule has 0 aromatic carbocycles. The van der Waals surface area contributed by atoms with E-state index >= 15 is 0 Å². The zero-order valence-electron chi connectivity index (χ0n) is 11.3. The Morgan fingerprint density at radius 2 is 2.17 bits per heavy atom. The van der Waals surface area contributed by atoms with E-state index in [-0.39, 0.29) is 0 Å². The van der Waals surface area contributed by atoms with Gasteiger partial charge in [0, 0.05) is 24.9 Å². The number of aromatic nitrogens is 2. The number of rotatable bonds is 6. The van der Waals surface area contributed by atoms with Gasteiger partial charge in [-0.15, -0.1) is 0 Å². The summed E-state index contributed by atoms with van der Waals surface area (Å²) in [5.74, 6) is 1.30. The number of nitrogens with one attached hydrogen (secondary N) is 1. The highest BCUT2D eigenvalue weighted by molar-refractivity contribution is 5.32. The fraction of sp³-hybridized carbons (Fsp3) is 0.692. The zero-order valence-corrected chi connectivity index (χ0v) is 11.3. The number of aryl methyl sites for hydroxylation is 1. The lowest BCUT2D eigenvalue weighted by Gasteiger charge is -2.34. The number of anilines is 1. The van der Waals surface area contributed by atoms with Gasteiger partial charge in [-0.2, -0.15) is 4.98 Å². The largest absolute Gasteiger partial charge is 0.478 e. The summed E-state index contributed by atoms with van der Waals surface area (Å²) in [6.07, 6.45) is 3.38. The Hall–Kier alpha value is -1.36. The second-order valence-corrected chi connectivity index (χ2v) is 4.69. The quantitative estimate of drug-likeness (QED) is 0.839.